The highest BCUT2D eigenvalue weighted by Gasteiger charge is 2.27. The average Bonchev–Trinajstić information content (AvgIpc) is 3.29. The third-order valence-corrected chi connectivity index (χ3v) is 4.64. The van der Waals surface area contributed by atoms with Gasteiger partial charge >= 0.3 is 0 Å². The standard InChI is InChI=1S/C18H22FN7O.ClH/c1-11(2)17-21-16(23-26(17)13-6-4-5-12(19)9-13)18-22-15(24-27-18)14-10-20-7-8-25(14)3;/h4-6,9,11,14,20H,7-8,10H2,1-3H3;1H. The van der Waals surface area contributed by atoms with E-state index in [0.717, 1.165) is 19.6 Å². The summed E-state index contributed by atoms with van der Waals surface area (Å²) < 4.78 is 20.7. The summed E-state index contributed by atoms with van der Waals surface area (Å²) in [5.74, 6) is 1.67. The van der Waals surface area contributed by atoms with Crippen LogP contribution in [-0.4, -0.2) is 56.5 Å². The summed E-state index contributed by atoms with van der Waals surface area (Å²) in [6.45, 7) is 6.63. The van der Waals surface area contributed by atoms with Gasteiger partial charge in [0.15, 0.2) is 5.82 Å². The predicted octanol–water partition coefficient (Wildman–Crippen LogP) is 2.58. The molecule has 3 aromatic rings. The molecule has 3 heterocycles. The lowest BCUT2D eigenvalue weighted by Crippen LogP contribution is -2.44. The molecule has 1 saturated heterocycles. The van der Waals surface area contributed by atoms with Crippen LogP contribution in [0.5, 0.6) is 0 Å². The van der Waals surface area contributed by atoms with E-state index in [1.165, 1.54) is 12.1 Å². The van der Waals surface area contributed by atoms with Gasteiger partial charge in [0.2, 0.25) is 5.82 Å². The first-order chi connectivity index (χ1) is 13.0. The van der Waals surface area contributed by atoms with E-state index >= 15 is 0 Å². The van der Waals surface area contributed by atoms with Crippen molar-refractivity contribution in [2.45, 2.75) is 25.8 Å². The van der Waals surface area contributed by atoms with Crippen molar-refractivity contribution in [3.63, 3.8) is 0 Å². The molecule has 0 amide bonds. The Kier molecular flexibility index (Phi) is 6.07. The highest BCUT2D eigenvalue weighted by Crippen LogP contribution is 2.24. The Morgan fingerprint density at radius 2 is 2.11 bits per heavy atom. The lowest BCUT2D eigenvalue weighted by atomic mass is 10.2. The zero-order chi connectivity index (χ0) is 19.0. The maximum absolute atomic E-state index is 13.6. The summed E-state index contributed by atoms with van der Waals surface area (Å²) >= 11 is 0. The lowest BCUT2D eigenvalue weighted by Gasteiger charge is -2.30. The maximum Gasteiger partial charge on any atom is 0.297 e. The Morgan fingerprint density at radius 1 is 1.29 bits per heavy atom. The number of aromatic nitrogens is 5. The molecule has 0 bridgehead atoms. The summed E-state index contributed by atoms with van der Waals surface area (Å²) in [4.78, 5) is 11.3. The molecule has 1 aliphatic heterocycles. The quantitative estimate of drug-likeness (QED) is 0.711. The van der Waals surface area contributed by atoms with Crippen molar-refractivity contribution >= 4 is 12.4 Å². The van der Waals surface area contributed by atoms with Crippen LogP contribution in [0.15, 0.2) is 28.8 Å². The summed E-state index contributed by atoms with van der Waals surface area (Å²) in [5.41, 5.74) is 0.605. The van der Waals surface area contributed by atoms with Crippen molar-refractivity contribution < 1.29 is 8.91 Å². The first kappa shape index (κ1) is 20.4. The van der Waals surface area contributed by atoms with E-state index in [4.69, 9.17) is 4.52 Å². The van der Waals surface area contributed by atoms with Gasteiger partial charge in [0, 0.05) is 25.6 Å². The minimum atomic E-state index is -0.327. The molecule has 0 saturated carbocycles. The van der Waals surface area contributed by atoms with Gasteiger partial charge in [-0.15, -0.1) is 17.5 Å². The topological polar surface area (TPSA) is 84.9 Å². The fourth-order valence-electron chi connectivity index (χ4n) is 3.14. The van der Waals surface area contributed by atoms with E-state index in [1.54, 1.807) is 16.8 Å². The number of benzene rings is 1. The monoisotopic (exact) mass is 407 g/mol. The second-order valence-corrected chi connectivity index (χ2v) is 7.00. The van der Waals surface area contributed by atoms with Crippen LogP contribution in [0, 0.1) is 5.82 Å². The number of rotatable bonds is 4. The van der Waals surface area contributed by atoms with Crippen molar-refractivity contribution in [2.24, 2.45) is 0 Å². The first-order valence-corrected chi connectivity index (χ1v) is 9.00. The Morgan fingerprint density at radius 3 is 2.82 bits per heavy atom. The molecule has 1 N–H and O–H groups in total. The van der Waals surface area contributed by atoms with Gasteiger partial charge in [-0.05, 0) is 25.2 Å². The molecule has 0 spiro atoms. The number of hydrogen-bond acceptors (Lipinski definition) is 7. The van der Waals surface area contributed by atoms with Crippen molar-refractivity contribution in [3.8, 4) is 17.4 Å². The minimum Gasteiger partial charge on any atom is -0.330 e. The molecule has 1 aliphatic rings. The SMILES string of the molecule is CC(C)c1nc(-c2nc(C3CNCCN3C)no2)nn1-c1cccc(F)c1.Cl. The summed E-state index contributed by atoms with van der Waals surface area (Å²) in [5, 5.41) is 12.0. The molecule has 8 nitrogen and oxygen atoms in total. The summed E-state index contributed by atoms with van der Waals surface area (Å²) in [6.07, 6.45) is 0. The molecule has 2 aromatic heterocycles. The van der Waals surface area contributed by atoms with E-state index in [0.29, 0.717) is 23.2 Å². The molecule has 4 rings (SSSR count). The zero-order valence-corrected chi connectivity index (χ0v) is 16.8. The fraction of sp³-hybridized carbons (Fsp3) is 0.444. The highest BCUT2D eigenvalue weighted by molar-refractivity contribution is 5.85. The minimum absolute atomic E-state index is 0. The Balaban J connectivity index is 0.00000225. The van der Waals surface area contributed by atoms with Crippen molar-refractivity contribution in [1.29, 1.82) is 0 Å². The number of nitrogens with one attached hydrogen (secondary N) is 1. The lowest BCUT2D eigenvalue weighted by molar-refractivity contribution is 0.190. The molecule has 28 heavy (non-hydrogen) atoms. The summed E-state index contributed by atoms with van der Waals surface area (Å²) in [7, 11) is 2.04. The molecule has 150 valence electrons. The average molecular weight is 408 g/mol. The Bertz CT molecular complexity index is 942. The molecule has 1 atom stereocenters. The van der Waals surface area contributed by atoms with Crippen LogP contribution in [0.2, 0.25) is 0 Å². The molecular weight excluding hydrogens is 385 g/mol. The molecule has 1 unspecified atom stereocenters. The molecule has 1 aromatic carbocycles. The van der Waals surface area contributed by atoms with Crippen LogP contribution in [0.25, 0.3) is 17.4 Å². The van der Waals surface area contributed by atoms with Crippen molar-refractivity contribution in [1.82, 2.24) is 35.1 Å². The number of nitrogens with zero attached hydrogens (tertiary/aromatic N) is 6. The predicted molar refractivity (Wildman–Crippen MR) is 104 cm³/mol. The third kappa shape index (κ3) is 3.91. The van der Waals surface area contributed by atoms with Gasteiger partial charge in [-0.25, -0.2) is 14.1 Å². The highest BCUT2D eigenvalue weighted by atomic mass is 35.5. The Hall–Kier alpha value is -2.36. The number of halogens is 2. The van der Waals surface area contributed by atoms with Gasteiger partial charge in [0.1, 0.15) is 11.6 Å². The number of piperazine rings is 1. The van der Waals surface area contributed by atoms with Crippen LogP contribution < -0.4 is 5.32 Å². The number of hydrogen-bond donors (Lipinski definition) is 1. The number of likely N-dealkylation sites (N-methyl/N-ethyl adjacent to an activating group) is 1. The van der Waals surface area contributed by atoms with Gasteiger partial charge < -0.3 is 9.84 Å². The third-order valence-electron chi connectivity index (χ3n) is 4.64. The van der Waals surface area contributed by atoms with E-state index in [1.807, 2.05) is 20.9 Å². The van der Waals surface area contributed by atoms with Crippen LogP contribution in [0.4, 0.5) is 4.39 Å². The van der Waals surface area contributed by atoms with E-state index < -0.39 is 0 Å². The Labute approximate surface area is 168 Å². The van der Waals surface area contributed by atoms with Crippen molar-refractivity contribution in [3.05, 3.63) is 41.7 Å². The second kappa shape index (κ2) is 8.34. The van der Waals surface area contributed by atoms with Crippen LogP contribution in [0.3, 0.4) is 0 Å². The van der Waals surface area contributed by atoms with E-state index in [2.05, 4.69) is 30.4 Å². The maximum atomic E-state index is 13.6. The van der Waals surface area contributed by atoms with E-state index in [9.17, 15) is 4.39 Å². The summed E-state index contributed by atoms with van der Waals surface area (Å²) in [6, 6.07) is 6.30. The van der Waals surface area contributed by atoms with Gasteiger partial charge in [0.25, 0.3) is 5.89 Å². The molecule has 1 fully saturated rings. The fourth-order valence-corrected chi connectivity index (χ4v) is 3.14. The smallest absolute Gasteiger partial charge is 0.297 e. The molecular formula is C18H23ClFN7O. The van der Waals surface area contributed by atoms with Crippen LogP contribution in [-0.2, 0) is 0 Å². The van der Waals surface area contributed by atoms with Crippen LogP contribution in [0.1, 0.15) is 37.5 Å². The first-order valence-electron chi connectivity index (χ1n) is 9.00. The van der Waals surface area contributed by atoms with E-state index in [-0.39, 0.29) is 36.1 Å². The molecule has 0 aliphatic carbocycles. The van der Waals surface area contributed by atoms with Gasteiger partial charge in [-0.3, -0.25) is 4.90 Å². The molecule has 10 heteroatoms. The van der Waals surface area contributed by atoms with Gasteiger partial charge in [0.05, 0.1) is 11.7 Å². The largest absolute Gasteiger partial charge is 0.330 e. The molecule has 0 radical (unpaired) electrons. The zero-order valence-electron chi connectivity index (χ0n) is 16.0. The normalized spacial score (nSPS) is 17.7. The van der Waals surface area contributed by atoms with Gasteiger partial charge in [-0.2, -0.15) is 4.98 Å². The van der Waals surface area contributed by atoms with Crippen molar-refractivity contribution in [2.75, 3.05) is 26.7 Å². The van der Waals surface area contributed by atoms with Gasteiger partial charge in [-0.1, -0.05) is 25.1 Å². The second-order valence-electron chi connectivity index (χ2n) is 7.00. The van der Waals surface area contributed by atoms with Crippen LogP contribution >= 0.6 is 12.4 Å².